The first-order valence-electron chi connectivity index (χ1n) is 7.67. The molecule has 1 aliphatic rings. The second-order valence-corrected chi connectivity index (χ2v) is 6.65. The molecule has 22 heavy (non-hydrogen) atoms. The van der Waals surface area contributed by atoms with Crippen LogP contribution in [-0.4, -0.2) is 35.0 Å². The summed E-state index contributed by atoms with van der Waals surface area (Å²) in [6.45, 7) is 5.10. The standard InChI is InChI=1S/C17H22ClNO3/c1-11(2)15(12-3-5-14(18)6-4-12)16(20)19-9-7-13(8-10-19)17(21)22/h3-6,11,13,15H,7-10H2,1-2H3,(H,21,22)/t15-/m1/s1. The molecule has 0 aliphatic carbocycles. The van der Waals surface area contributed by atoms with Gasteiger partial charge in [-0.15, -0.1) is 0 Å². The summed E-state index contributed by atoms with van der Waals surface area (Å²) in [6.07, 6.45) is 1.07. The number of benzene rings is 1. The predicted molar refractivity (Wildman–Crippen MR) is 86.0 cm³/mol. The number of carboxylic acids is 1. The lowest BCUT2D eigenvalue weighted by Crippen LogP contribution is -2.43. The fourth-order valence-corrected chi connectivity index (χ4v) is 3.15. The number of nitrogens with zero attached hydrogens (tertiary/aromatic N) is 1. The van der Waals surface area contributed by atoms with E-state index < -0.39 is 5.97 Å². The van der Waals surface area contributed by atoms with E-state index in [-0.39, 0.29) is 23.7 Å². The van der Waals surface area contributed by atoms with Gasteiger partial charge in [-0.2, -0.15) is 0 Å². The van der Waals surface area contributed by atoms with Crippen LogP contribution in [0.15, 0.2) is 24.3 Å². The van der Waals surface area contributed by atoms with Crippen LogP contribution >= 0.6 is 11.6 Å². The largest absolute Gasteiger partial charge is 0.481 e. The number of hydrogen-bond acceptors (Lipinski definition) is 2. The van der Waals surface area contributed by atoms with Crippen LogP contribution in [0.25, 0.3) is 0 Å². The Morgan fingerprint density at radius 2 is 1.73 bits per heavy atom. The van der Waals surface area contributed by atoms with E-state index in [9.17, 15) is 9.59 Å². The Bertz CT molecular complexity index is 533. The van der Waals surface area contributed by atoms with Gasteiger partial charge in [-0.1, -0.05) is 37.6 Å². The Kier molecular flexibility index (Phi) is 5.46. The van der Waals surface area contributed by atoms with Crippen LogP contribution in [0.2, 0.25) is 5.02 Å². The van der Waals surface area contributed by atoms with E-state index in [1.54, 1.807) is 17.0 Å². The number of likely N-dealkylation sites (tertiary alicyclic amines) is 1. The molecule has 0 spiro atoms. The normalized spacial score (nSPS) is 17.5. The number of halogens is 1. The molecule has 1 heterocycles. The van der Waals surface area contributed by atoms with Gasteiger partial charge in [-0.05, 0) is 36.5 Å². The smallest absolute Gasteiger partial charge is 0.306 e. The van der Waals surface area contributed by atoms with E-state index in [1.165, 1.54) is 0 Å². The van der Waals surface area contributed by atoms with E-state index in [2.05, 4.69) is 0 Å². The van der Waals surface area contributed by atoms with Gasteiger partial charge < -0.3 is 10.0 Å². The van der Waals surface area contributed by atoms with Crippen molar-refractivity contribution in [3.63, 3.8) is 0 Å². The zero-order chi connectivity index (χ0) is 16.3. The van der Waals surface area contributed by atoms with E-state index >= 15 is 0 Å². The third-order valence-electron chi connectivity index (χ3n) is 4.32. The van der Waals surface area contributed by atoms with Crippen molar-refractivity contribution in [1.82, 2.24) is 4.90 Å². The molecule has 1 N–H and O–H groups in total. The van der Waals surface area contributed by atoms with E-state index in [0.29, 0.717) is 31.0 Å². The van der Waals surface area contributed by atoms with Crippen LogP contribution in [0, 0.1) is 11.8 Å². The van der Waals surface area contributed by atoms with Gasteiger partial charge in [0.1, 0.15) is 0 Å². The fraction of sp³-hybridized carbons (Fsp3) is 0.529. The topological polar surface area (TPSA) is 57.6 Å². The summed E-state index contributed by atoms with van der Waals surface area (Å²) in [4.78, 5) is 25.7. The number of piperidine rings is 1. The van der Waals surface area contributed by atoms with Crippen molar-refractivity contribution < 1.29 is 14.7 Å². The Labute approximate surface area is 136 Å². The minimum atomic E-state index is -0.759. The van der Waals surface area contributed by atoms with Gasteiger partial charge in [-0.25, -0.2) is 0 Å². The summed E-state index contributed by atoms with van der Waals surface area (Å²) in [6, 6.07) is 7.40. The summed E-state index contributed by atoms with van der Waals surface area (Å²) < 4.78 is 0. The lowest BCUT2D eigenvalue weighted by atomic mass is 9.86. The number of hydrogen-bond donors (Lipinski definition) is 1. The van der Waals surface area contributed by atoms with Gasteiger partial charge in [0.2, 0.25) is 5.91 Å². The summed E-state index contributed by atoms with van der Waals surface area (Å²) in [5.74, 6) is -1.03. The quantitative estimate of drug-likeness (QED) is 0.923. The molecule has 0 bridgehead atoms. The van der Waals surface area contributed by atoms with Gasteiger partial charge in [0.25, 0.3) is 0 Å². The first-order chi connectivity index (χ1) is 10.4. The zero-order valence-electron chi connectivity index (χ0n) is 13.0. The molecule has 0 aromatic heterocycles. The number of aliphatic carboxylic acids is 1. The molecule has 1 amide bonds. The first-order valence-corrected chi connectivity index (χ1v) is 8.05. The Balaban J connectivity index is 2.11. The Hall–Kier alpha value is -1.55. The fourth-order valence-electron chi connectivity index (χ4n) is 3.03. The third kappa shape index (κ3) is 3.80. The Morgan fingerprint density at radius 1 is 1.18 bits per heavy atom. The summed E-state index contributed by atoms with van der Waals surface area (Å²) in [5.41, 5.74) is 0.963. The molecular weight excluding hydrogens is 302 g/mol. The SMILES string of the molecule is CC(C)[C@@H](C(=O)N1CCC(C(=O)O)CC1)c1ccc(Cl)cc1. The van der Waals surface area contributed by atoms with Crippen molar-refractivity contribution in [3.05, 3.63) is 34.9 Å². The van der Waals surface area contributed by atoms with Crippen molar-refractivity contribution in [2.45, 2.75) is 32.6 Å². The zero-order valence-corrected chi connectivity index (χ0v) is 13.7. The maximum Gasteiger partial charge on any atom is 0.306 e. The van der Waals surface area contributed by atoms with Gasteiger partial charge >= 0.3 is 5.97 Å². The molecule has 1 aromatic carbocycles. The van der Waals surface area contributed by atoms with Crippen molar-refractivity contribution in [2.75, 3.05) is 13.1 Å². The lowest BCUT2D eigenvalue weighted by molar-refractivity contribution is -0.146. The molecule has 120 valence electrons. The van der Waals surface area contributed by atoms with Crippen molar-refractivity contribution in [2.24, 2.45) is 11.8 Å². The Morgan fingerprint density at radius 3 is 2.18 bits per heavy atom. The molecule has 1 atom stereocenters. The first kappa shape index (κ1) is 16.8. The molecule has 4 nitrogen and oxygen atoms in total. The van der Waals surface area contributed by atoms with Crippen molar-refractivity contribution in [1.29, 1.82) is 0 Å². The number of rotatable bonds is 4. The molecule has 0 radical (unpaired) electrons. The van der Waals surface area contributed by atoms with Crippen LogP contribution in [-0.2, 0) is 9.59 Å². The van der Waals surface area contributed by atoms with Gasteiger partial charge in [0.15, 0.2) is 0 Å². The third-order valence-corrected chi connectivity index (χ3v) is 4.57. The molecule has 0 unspecified atom stereocenters. The van der Waals surface area contributed by atoms with Crippen LogP contribution < -0.4 is 0 Å². The predicted octanol–water partition coefficient (Wildman–Crippen LogP) is 3.40. The average molecular weight is 324 g/mol. The lowest BCUT2D eigenvalue weighted by Gasteiger charge is -2.34. The minimum Gasteiger partial charge on any atom is -0.481 e. The van der Waals surface area contributed by atoms with Gasteiger partial charge in [0.05, 0.1) is 11.8 Å². The molecule has 1 aliphatic heterocycles. The minimum absolute atomic E-state index is 0.0844. The molecule has 1 aromatic rings. The maximum atomic E-state index is 12.8. The monoisotopic (exact) mass is 323 g/mol. The molecule has 1 fully saturated rings. The van der Waals surface area contributed by atoms with Crippen molar-refractivity contribution >= 4 is 23.5 Å². The highest BCUT2D eigenvalue weighted by molar-refractivity contribution is 6.30. The number of carbonyl (C=O) groups is 2. The van der Waals surface area contributed by atoms with E-state index in [0.717, 1.165) is 5.56 Å². The maximum absolute atomic E-state index is 12.8. The average Bonchev–Trinajstić information content (AvgIpc) is 2.49. The summed E-state index contributed by atoms with van der Waals surface area (Å²) >= 11 is 5.92. The second kappa shape index (κ2) is 7.14. The number of carbonyl (C=O) groups excluding carboxylic acids is 1. The summed E-state index contributed by atoms with van der Waals surface area (Å²) in [5, 5.41) is 9.70. The highest BCUT2D eigenvalue weighted by Gasteiger charge is 2.32. The van der Waals surface area contributed by atoms with Crippen LogP contribution in [0.4, 0.5) is 0 Å². The van der Waals surface area contributed by atoms with Crippen LogP contribution in [0.5, 0.6) is 0 Å². The van der Waals surface area contributed by atoms with E-state index in [4.69, 9.17) is 16.7 Å². The van der Waals surface area contributed by atoms with Crippen LogP contribution in [0.1, 0.15) is 38.2 Å². The van der Waals surface area contributed by atoms with Crippen LogP contribution in [0.3, 0.4) is 0 Å². The molecular formula is C17H22ClNO3. The number of carboxylic acid groups (broad SMARTS) is 1. The second-order valence-electron chi connectivity index (χ2n) is 6.21. The van der Waals surface area contributed by atoms with Gasteiger partial charge in [-0.3, -0.25) is 9.59 Å². The highest BCUT2D eigenvalue weighted by Crippen LogP contribution is 2.29. The van der Waals surface area contributed by atoms with Gasteiger partial charge in [0, 0.05) is 18.1 Å². The highest BCUT2D eigenvalue weighted by atomic mass is 35.5. The molecule has 1 saturated heterocycles. The van der Waals surface area contributed by atoms with Crippen molar-refractivity contribution in [3.8, 4) is 0 Å². The summed E-state index contributed by atoms with van der Waals surface area (Å²) in [7, 11) is 0. The molecule has 5 heteroatoms. The number of amides is 1. The van der Waals surface area contributed by atoms with E-state index in [1.807, 2.05) is 26.0 Å². The molecule has 0 saturated carbocycles. The molecule has 2 rings (SSSR count).